The molecule has 0 fully saturated rings. The van der Waals surface area contributed by atoms with Crippen LogP contribution in [0.3, 0.4) is 0 Å². The van der Waals surface area contributed by atoms with E-state index in [0.29, 0.717) is 11.2 Å². The standard InChI is InChI=1S/C12H17N3O2S/c13-9-5-6-10(12-11(9)14-17-15-12)18-8-4-2-1-3-7-16/h5-6,16H,1-4,7-8,13H2. The number of nitrogens with zero attached hydrogens (tertiary/aromatic N) is 2. The summed E-state index contributed by atoms with van der Waals surface area (Å²) < 4.78 is 4.72. The summed E-state index contributed by atoms with van der Waals surface area (Å²) in [6, 6.07) is 3.79. The van der Waals surface area contributed by atoms with Crippen LogP contribution in [0.25, 0.3) is 11.0 Å². The van der Waals surface area contributed by atoms with Crippen molar-refractivity contribution in [2.24, 2.45) is 0 Å². The van der Waals surface area contributed by atoms with Crippen molar-refractivity contribution in [1.82, 2.24) is 10.3 Å². The van der Waals surface area contributed by atoms with E-state index in [9.17, 15) is 0 Å². The number of unbranched alkanes of at least 4 members (excludes halogenated alkanes) is 3. The van der Waals surface area contributed by atoms with E-state index < -0.39 is 0 Å². The van der Waals surface area contributed by atoms with Crippen LogP contribution in [-0.4, -0.2) is 27.8 Å². The molecule has 0 bridgehead atoms. The van der Waals surface area contributed by atoms with Crippen molar-refractivity contribution in [1.29, 1.82) is 0 Å². The second kappa shape index (κ2) is 6.61. The second-order valence-electron chi connectivity index (χ2n) is 4.10. The number of hydrogen-bond donors (Lipinski definition) is 2. The van der Waals surface area contributed by atoms with Crippen LogP contribution in [-0.2, 0) is 0 Å². The first-order valence-corrected chi connectivity index (χ1v) is 7.06. The van der Waals surface area contributed by atoms with Gasteiger partial charge in [0, 0.05) is 11.5 Å². The van der Waals surface area contributed by atoms with Gasteiger partial charge < -0.3 is 10.8 Å². The van der Waals surface area contributed by atoms with Gasteiger partial charge in [0.1, 0.15) is 0 Å². The van der Waals surface area contributed by atoms with Crippen molar-refractivity contribution in [3.8, 4) is 0 Å². The minimum atomic E-state index is 0.288. The molecule has 0 amide bonds. The maximum absolute atomic E-state index is 8.68. The van der Waals surface area contributed by atoms with Gasteiger partial charge in [0.25, 0.3) is 0 Å². The highest BCUT2D eigenvalue weighted by atomic mass is 32.2. The van der Waals surface area contributed by atoms with Crippen LogP contribution in [0.4, 0.5) is 5.69 Å². The van der Waals surface area contributed by atoms with Crippen molar-refractivity contribution in [2.45, 2.75) is 30.6 Å². The third kappa shape index (κ3) is 3.14. The number of aromatic nitrogens is 2. The van der Waals surface area contributed by atoms with E-state index in [2.05, 4.69) is 10.3 Å². The topological polar surface area (TPSA) is 85.2 Å². The summed E-state index contributed by atoms with van der Waals surface area (Å²) in [5.74, 6) is 1.03. The van der Waals surface area contributed by atoms with E-state index in [1.165, 1.54) is 0 Å². The summed E-state index contributed by atoms with van der Waals surface area (Å²) >= 11 is 1.74. The summed E-state index contributed by atoms with van der Waals surface area (Å²) in [5.41, 5.74) is 7.76. The summed E-state index contributed by atoms with van der Waals surface area (Å²) in [4.78, 5) is 1.06. The SMILES string of the molecule is Nc1ccc(SCCCCCCO)c2nonc12. The molecule has 0 atom stereocenters. The number of thioether (sulfide) groups is 1. The zero-order valence-corrected chi connectivity index (χ0v) is 10.9. The molecule has 1 aromatic carbocycles. The Morgan fingerprint density at radius 1 is 1.11 bits per heavy atom. The zero-order chi connectivity index (χ0) is 12.8. The van der Waals surface area contributed by atoms with E-state index >= 15 is 0 Å². The Morgan fingerprint density at radius 2 is 1.89 bits per heavy atom. The van der Waals surface area contributed by atoms with E-state index in [4.69, 9.17) is 15.5 Å². The molecule has 3 N–H and O–H groups in total. The molecule has 2 rings (SSSR count). The molecule has 2 aromatic rings. The highest BCUT2D eigenvalue weighted by Crippen LogP contribution is 2.29. The molecule has 18 heavy (non-hydrogen) atoms. The number of aliphatic hydroxyl groups is 1. The molecule has 5 nitrogen and oxygen atoms in total. The number of anilines is 1. The molecule has 1 heterocycles. The van der Waals surface area contributed by atoms with E-state index in [0.717, 1.165) is 41.8 Å². The third-order valence-corrected chi connectivity index (χ3v) is 3.85. The molecule has 0 aliphatic heterocycles. The number of benzene rings is 1. The van der Waals surface area contributed by atoms with Crippen molar-refractivity contribution < 1.29 is 9.74 Å². The van der Waals surface area contributed by atoms with E-state index in [1.54, 1.807) is 11.8 Å². The monoisotopic (exact) mass is 267 g/mol. The molecule has 0 aliphatic carbocycles. The Balaban J connectivity index is 1.88. The van der Waals surface area contributed by atoms with Gasteiger partial charge in [-0.3, -0.25) is 0 Å². The van der Waals surface area contributed by atoms with Crippen LogP contribution in [0.2, 0.25) is 0 Å². The molecular formula is C12H17N3O2S. The molecule has 6 heteroatoms. The van der Waals surface area contributed by atoms with Gasteiger partial charge in [-0.25, -0.2) is 4.63 Å². The average molecular weight is 267 g/mol. The van der Waals surface area contributed by atoms with E-state index in [-0.39, 0.29) is 6.61 Å². The normalized spacial score (nSPS) is 11.2. The molecule has 0 saturated heterocycles. The van der Waals surface area contributed by atoms with Crippen LogP contribution in [0.1, 0.15) is 25.7 Å². The molecule has 1 aromatic heterocycles. The lowest BCUT2D eigenvalue weighted by Gasteiger charge is -2.02. The van der Waals surface area contributed by atoms with Gasteiger partial charge in [0.2, 0.25) is 0 Å². The highest BCUT2D eigenvalue weighted by molar-refractivity contribution is 7.99. The van der Waals surface area contributed by atoms with Gasteiger partial charge in [-0.2, -0.15) is 0 Å². The third-order valence-electron chi connectivity index (χ3n) is 2.72. The fourth-order valence-corrected chi connectivity index (χ4v) is 2.73. The molecular weight excluding hydrogens is 250 g/mol. The first-order valence-electron chi connectivity index (χ1n) is 6.07. The molecule has 98 valence electrons. The largest absolute Gasteiger partial charge is 0.397 e. The van der Waals surface area contributed by atoms with Crippen LogP contribution in [0, 0.1) is 0 Å². The molecule has 0 aliphatic rings. The van der Waals surface area contributed by atoms with Crippen molar-refractivity contribution >= 4 is 28.5 Å². The number of hydrogen-bond acceptors (Lipinski definition) is 6. The maximum Gasteiger partial charge on any atom is 0.159 e. The number of nitrogens with two attached hydrogens (primary N) is 1. The minimum absolute atomic E-state index is 0.288. The molecule has 0 radical (unpaired) electrons. The molecule has 0 unspecified atom stereocenters. The predicted octanol–water partition coefficient (Wildman–Crippen LogP) is 2.45. The quantitative estimate of drug-likeness (QED) is 0.455. The zero-order valence-electron chi connectivity index (χ0n) is 10.1. The predicted molar refractivity (Wildman–Crippen MR) is 72.5 cm³/mol. The van der Waals surface area contributed by atoms with Crippen LogP contribution in [0.15, 0.2) is 21.7 Å². The minimum Gasteiger partial charge on any atom is -0.397 e. The van der Waals surface area contributed by atoms with Crippen LogP contribution < -0.4 is 5.73 Å². The van der Waals surface area contributed by atoms with Crippen molar-refractivity contribution in [2.75, 3.05) is 18.1 Å². The van der Waals surface area contributed by atoms with Gasteiger partial charge in [-0.15, -0.1) is 11.8 Å². The summed E-state index contributed by atoms with van der Waals surface area (Å²) in [6.45, 7) is 0.288. The Labute approximate surface area is 110 Å². The second-order valence-corrected chi connectivity index (χ2v) is 5.24. The molecule has 0 saturated carbocycles. The Hall–Kier alpha value is -1.27. The highest BCUT2D eigenvalue weighted by Gasteiger charge is 2.09. The summed E-state index contributed by atoms with van der Waals surface area (Å²) in [5, 5.41) is 16.4. The first kappa shape index (κ1) is 13.2. The van der Waals surface area contributed by atoms with Crippen LogP contribution in [0.5, 0.6) is 0 Å². The average Bonchev–Trinajstić information content (AvgIpc) is 2.86. The number of nitrogen functional groups attached to an aromatic ring is 1. The lowest BCUT2D eigenvalue weighted by molar-refractivity contribution is 0.283. The van der Waals surface area contributed by atoms with E-state index in [1.807, 2.05) is 12.1 Å². The maximum atomic E-state index is 8.68. The smallest absolute Gasteiger partial charge is 0.159 e. The fourth-order valence-electron chi connectivity index (χ4n) is 1.73. The first-order chi connectivity index (χ1) is 8.83. The van der Waals surface area contributed by atoms with Gasteiger partial charge >= 0.3 is 0 Å². The van der Waals surface area contributed by atoms with Crippen molar-refractivity contribution in [3.63, 3.8) is 0 Å². The number of aliphatic hydroxyl groups excluding tert-OH is 1. The lowest BCUT2D eigenvalue weighted by atomic mass is 10.2. The van der Waals surface area contributed by atoms with Gasteiger partial charge in [-0.1, -0.05) is 12.8 Å². The molecule has 0 spiro atoms. The summed E-state index contributed by atoms with van der Waals surface area (Å²) in [7, 11) is 0. The van der Waals surface area contributed by atoms with Crippen molar-refractivity contribution in [3.05, 3.63) is 12.1 Å². The van der Waals surface area contributed by atoms with Crippen LogP contribution >= 0.6 is 11.8 Å². The fraction of sp³-hybridized carbons (Fsp3) is 0.500. The Morgan fingerprint density at radius 3 is 2.72 bits per heavy atom. The Kier molecular flexibility index (Phi) is 4.83. The van der Waals surface area contributed by atoms with Gasteiger partial charge in [-0.05, 0) is 41.0 Å². The number of rotatable bonds is 7. The summed E-state index contributed by atoms with van der Waals surface area (Å²) in [6.07, 6.45) is 4.24. The van der Waals surface area contributed by atoms with Gasteiger partial charge in [0.05, 0.1) is 5.69 Å². The lowest BCUT2D eigenvalue weighted by Crippen LogP contribution is -1.89. The Bertz CT molecular complexity index is 501. The number of fused-ring (bicyclic) bond motifs is 1. The van der Waals surface area contributed by atoms with Gasteiger partial charge in [0.15, 0.2) is 11.0 Å².